The Morgan fingerprint density at radius 1 is 1.27 bits per heavy atom. The molecule has 1 heterocycles. The molecule has 0 fully saturated rings. The predicted octanol–water partition coefficient (Wildman–Crippen LogP) is 0.285. The summed E-state index contributed by atoms with van der Waals surface area (Å²) in [6, 6.07) is 8.23. The second-order valence-electron chi connectivity index (χ2n) is 2.61. The average Bonchev–Trinajstić information content (AvgIpc) is 2.28. The number of rotatable bonds is 0. The van der Waals surface area contributed by atoms with Gasteiger partial charge < -0.3 is 5.32 Å². The lowest BCUT2D eigenvalue weighted by Gasteiger charge is -1.99. The monoisotopic (exact) mass is 147 g/mol. The number of benzene rings is 1. The van der Waals surface area contributed by atoms with Gasteiger partial charge in [0, 0.05) is 19.0 Å². The predicted molar refractivity (Wildman–Crippen MR) is 46.2 cm³/mol. The van der Waals surface area contributed by atoms with Gasteiger partial charge in [-0.1, -0.05) is 12.1 Å². The van der Waals surface area contributed by atoms with Gasteiger partial charge in [-0.05, 0) is 6.07 Å². The van der Waals surface area contributed by atoms with Crippen LogP contribution in [0.3, 0.4) is 0 Å². The van der Waals surface area contributed by atoms with Gasteiger partial charge in [-0.15, -0.1) is 0 Å². The Hall–Kier alpha value is -1.31. The number of fused-ring (bicyclic) bond motifs is 1. The van der Waals surface area contributed by atoms with Crippen LogP contribution in [-0.2, 0) is 0 Å². The Labute approximate surface area is 66.0 Å². The lowest BCUT2D eigenvalue weighted by Crippen LogP contribution is -2.61. The van der Waals surface area contributed by atoms with Crippen LogP contribution in [-0.4, -0.2) is 12.8 Å². The van der Waals surface area contributed by atoms with Crippen molar-refractivity contribution in [2.75, 3.05) is 11.9 Å². The van der Waals surface area contributed by atoms with E-state index in [2.05, 4.69) is 28.7 Å². The fourth-order valence-corrected chi connectivity index (χ4v) is 1.22. The first-order valence-electron chi connectivity index (χ1n) is 3.88. The maximum atomic E-state index is 3.33. The van der Waals surface area contributed by atoms with Crippen molar-refractivity contribution < 1.29 is 4.99 Å². The van der Waals surface area contributed by atoms with E-state index >= 15 is 0 Å². The van der Waals surface area contributed by atoms with Crippen molar-refractivity contribution in [2.45, 2.75) is 6.42 Å². The van der Waals surface area contributed by atoms with Crippen LogP contribution in [0.25, 0.3) is 0 Å². The van der Waals surface area contributed by atoms with E-state index in [1.165, 1.54) is 11.4 Å². The van der Waals surface area contributed by atoms with Gasteiger partial charge >= 0.3 is 0 Å². The molecule has 0 aliphatic carbocycles. The van der Waals surface area contributed by atoms with Gasteiger partial charge in [0.1, 0.15) is 11.9 Å². The van der Waals surface area contributed by atoms with Crippen LogP contribution >= 0.6 is 0 Å². The second kappa shape index (κ2) is 2.74. The number of hydrogen-bond donors (Lipinski definition) is 2. The number of anilines is 1. The first-order chi connectivity index (χ1) is 5.47. The Morgan fingerprint density at radius 2 is 2.18 bits per heavy atom. The molecule has 1 aliphatic rings. The van der Waals surface area contributed by atoms with Crippen molar-refractivity contribution in [3.63, 3.8) is 0 Å². The molecule has 2 nitrogen and oxygen atoms in total. The molecule has 0 radical (unpaired) electrons. The fourth-order valence-electron chi connectivity index (χ4n) is 1.22. The summed E-state index contributed by atoms with van der Waals surface area (Å²) in [7, 11) is 0. The minimum Gasteiger partial charge on any atom is -0.379 e. The van der Waals surface area contributed by atoms with Crippen LogP contribution in [0.2, 0.25) is 0 Å². The van der Waals surface area contributed by atoms with Crippen LogP contribution in [0, 0.1) is 0 Å². The van der Waals surface area contributed by atoms with Gasteiger partial charge in [-0.25, -0.2) is 4.99 Å². The maximum Gasteiger partial charge on any atom is 0.226 e. The van der Waals surface area contributed by atoms with Crippen molar-refractivity contribution in [1.29, 1.82) is 0 Å². The highest BCUT2D eigenvalue weighted by molar-refractivity contribution is 5.65. The molecule has 2 N–H and O–H groups in total. The molecule has 0 aromatic heterocycles. The molecule has 0 saturated carbocycles. The van der Waals surface area contributed by atoms with Gasteiger partial charge in [-0.2, -0.15) is 0 Å². The molecule has 0 bridgehead atoms. The lowest BCUT2D eigenvalue weighted by molar-refractivity contribution is -0.347. The molecule has 11 heavy (non-hydrogen) atoms. The molecule has 0 saturated heterocycles. The summed E-state index contributed by atoms with van der Waals surface area (Å²) in [5.74, 6) is 0. The first-order valence-corrected chi connectivity index (χ1v) is 3.88. The van der Waals surface area contributed by atoms with Crippen molar-refractivity contribution in [3.8, 4) is 0 Å². The van der Waals surface area contributed by atoms with Crippen molar-refractivity contribution in [2.24, 2.45) is 0 Å². The standard InChI is InChI=1S/C9H10N2/c1-2-5-9-8(4-1)10-6-3-7-11-9/h1-2,4-6,11H,3,7H2/p+1. The zero-order valence-corrected chi connectivity index (χ0v) is 6.30. The largest absolute Gasteiger partial charge is 0.379 e. The second-order valence-corrected chi connectivity index (χ2v) is 2.61. The molecule has 0 atom stereocenters. The van der Waals surface area contributed by atoms with Crippen molar-refractivity contribution in [3.05, 3.63) is 24.3 Å². The van der Waals surface area contributed by atoms with Gasteiger partial charge in [-0.3, -0.25) is 0 Å². The molecule has 2 rings (SSSR count). The Bertz CT molecular complexity index is 279. The summed E-state index contributed by atoms with van der Waals surface area (Å²) in [5, 5.41) is 3.33. The summed E-state index contributed by atoms with van der Waals surface area (Å²) < 4.78 is 0. The summed E-state index contributed by atoms with van der Waals surface area (Å²) in [4.78, 5) is 3.24. The van der Waals surface area contributed by atoms with Gasteiger partial charge in [0.2, 0.25) is 5.69 Å². The summed E-state index contributed by atoms with van der Waals surface area (Å²) in [5.41, 5.74) is 2.37. The van der Waals surface area contributed by atoms with Crippen LogP contribution in [0.5, 0.6) is 0 Å². The third kappa shape index (κ3) is 1.24. The topological polar surface area (TPSA) is 26.0 Å². The van der Waals surface area contributed by atoms with E-state index in [0.717, 1.165) is 13.0 Å². The normalized spacial score (nSPS) is 14.9. The van der Waals surface area contributed by atoms with Crippen molar-refractivity contribution in [1.82, 2.24) is 0 Å². The van der Waals surface area contributed by atoms with E-state index in [1.54, 1.807) is 0 Å². The van der Waals surface area contributed by atoms with Crippen LogP contribution in [0.4, 0.5) is 11.4 Å². The van der Waals surface area contributed by atoms with E-state index in [1.807, 2.05) is 12.1 Å². The third-order valence-corrected chi connectivity index (χ3v) is 1.79. The van der Waals surface area contributed by atoms with Gasteiger partial charge in [0.25, 0.3) is 0 Å². The van der Waals surface area contributed by atoms with Crippen LogP contribution in [0.1, 0.15) is 6.42 Å². The number of para-hydroxylation sites is 2. The quantitative estimate of drug-likeness (QED) is 0.542. The molecule has 0 spiro atoms. The zero-order valence-electron chi connectivity index (χ0n) is 6.30. The zero-order chi connectivity index (χ0) is 7.52. The highest BCUT2D eigenvalue weighted by Gasteiger charge is 2.05. The first kappa shape index (κ1) is 6.40. The van der Waals surface area contributed by atoms with E-state index < -0.39 is 0 Å². The molecule has 0 unspecified atom stereocenters. The number of hydrogen-bond acceptors (Lipinski definition) is 1. The van der Waals surface area contributed by atoms with E-state index in [-0.39, 0.29) is 0 Å². The molecule has 56 valence electrons. The molecule has 2 heteroatoms. The summed E-state index contributed by atoms with van der Waals surface area (Å²) in [6.45, 7) is 1.02. The van der Waals surface area contributed by atoms with E-state index in [4.69, 9.17) is 0 Å². The Morgan fingerprint density at radius 3 is 3.18 bits per heavy atom. The van der Waals surface area contributed by atoms with Gasteiger partial charge in [0.15, 0.2) is 0 Å². The molecular weight excluding hydrogens is 136 g/mol. The third-order valence-electron chi connectivity index (χ3n) is 1.79. The minimum absolute atomic E-state index is 1.02. The van der Waals surface area contributed by atoms with Crippen LogP contribution < -0.4 is 10.3 Å². The smallest absolute Gasteiger partial charge is 0.226 e. The SMILES string of the molecule is C1=[NH+]c2ccccc2NCC1. The molecule has 1 aromatic rings. The molecular formula is C9H11N2+. The van der Waals surface area contributed by atoms with E-state index in [9.17, 15) is 0 Å². The van der Waals surface area contributed by atoms with E-state index in [0.29, 0.717) is 0 Å². The Balaban J connectivity index is 2.45. The highest BCUT2D eigenvalue weighted by Crippen LogP contribution is 2.15. The minimum atomic E-state index is 1.02. The fraction of sp³-hybridized carbons (Fsp3) is 0.222. The van der Waals surface area contributed by atoms with Crippen LogP contribution in [0.15, 0.2) is 24.3 Å². The van der Waals surface area contributed by atoms with Crippen molar-refractivity contribution >= 4 is 17.6 Å². The number of nitrogens with one attached hydrogen (secondary N) is 2. The lowest BCUT2D eigenvalue weighted by atomic mass is 10.3. The summed E-state index contributed by atoms with van der Waals surface area (Å²) >= 11 is 0. The van der Waals surface area contributed by atoms with Gasteiger partial charge in [0.05, 0.1) is 0 Å². The maximum absolute atomic E-state index is 3.33. The Kier molecular flexibility index (Phi) is 1.60. The highest BCUT2D eigenvalue weighted by atomic mass is 14.9. The molecule has 0 amide bonds. The molecule has 1 aromatic carbocycles. The summed E-state index contributed by atoms with van der Waals surface area (Å²) in [6.07, 6.45) is 3.15. The average molecular weight is 147 g/mol. The molecule has 1 aliphatic heterocycles.